The third-order valence-electron chi connectivity index (χ3n) is 4.56. The Hall–Kier alpha value is -2.75. The van der Waals surface area contributed by atoms with Crippen molar-refractivity contribution in [1.29, 1.82) is 0 Å². The summed E-state index contributed by atoms with van der Waals surface area (Å²) in [5.41, 5.74) is 2.43. The van der Waals surface area contributed by atoms with E-state index in [2.05, 4.69) is 9.71 Å². The van der Waals surface area contributed by atoms with Crippen molar-refractivity contribution in [3.63, 3.8) is 0 Å². The predicted molar refractivity (Wildman–Crippen MR) is 123 cm³/mol. The molecule has 0 unspecified atom stereocenters. The van der Waals surface area contributed by atoms with Crippen molar-refractivity contribution in [2.24, 2.45) is 4.40 Å². The minimum Gasteiger partial charge on any atom is -0.351 e. The molecule has 3 aromatic rings. The number of thiazole rings is 1. The van der Waals surface area contributed by atoms with Crippen molar-refractivity contribution in [2.45, 2.75) is 18.4 Å². The van der Waals surface area contributed by atoms with Crippen molar-refractivity contribution in [3.8, 4) is 0 Å². The Bertz CT molecular complexity index is 1210. The number of sulfonamides is 1. The summed E-state index contributed by atoms with van der Waals surface area (Å²) < 4.78 is 31.1. The largest absolute Gasteiger partial charge is 0.351 e. The van der Waals surface area contributed by atoms with Gasteiger partial charge >= 0.3 is 0 Å². The maximum Gasteiger partial charge on any atom is 0.285 e. The van der Waals surface area contributed by atoms with E-state index in [1.165, 1.54) is 11.3 Å². The molecule has 1 amide bonds. The second kappa shape index (κ2) is 10.0. The van der Waals surface area contributed by atoms with Gasteiger partial charge in [-0.1, -0.05) is 29.8 Å². The van der Waals surface area contributed by atoms with E-state index < -0.39 is 10.0 Å². The average Bonchev–Trinajstić information content (AvgIpc) is 3.14. The molecule has 0 aliphatic carbocycles. The maximum atomic E-state index is 12.7. The topological polar surface area (TPSA) is 83.8 Å². The number of amides is 1. The predicted octanol–water partition coefficient (Wildman–Crippen LogP) is 2.49. The van der Waals surface area contributed by atoms with Crippen LogP contribution in [0.1, 0.15) is 21.5 Å². The van der Waals surface area contributed by atoms with Crippen LogP contribution in [0.5, 0.6) is 0 Å². The lowest BCUT2D eigenvalue weighted by Crippen LogP contribution is -2.31. The van der Waals surface area contributed by atoms with Crippen LogP contribution in [-0.4, -0.2) is 51.0 Å². The number of nitrogens with one attached hydrogen (secondary N) is 1. The zero-order chi connectivity index (χ0) is 22.4. The standard InChI is InChI=1S/C22H26N4O3S2/c1-17-7-9-20(10-8-17)31(28,29)24-22-26(13-14-30-22)16-18-5-4-6-19(15-18)21(27)23-11-12-25(2)3/h4-10,13-15H,11-12,16H2,1-3H3,(H,23,27)/b24-22-. The van der Waals surface area contributed by atoms with Gasteiger partial charge in [0, 0.05) is 36.8 Å². The van der Waals surface area contributed by atoms with E-state index in [1.54, 1.807) is 46.5 Å². The van der Waals surface area contributed by atoms with Crippen LogP contribution in [0.2, 0.25) is 0 Å². The number of carbonyl (C=O) groups excluding carboxylic acids is 1. The monoisotopic (exact) mass is 458 g/mol. The molecule has 0 saturated heterocycles. The molecule has 31 heavy (non-hydrogen) atoms. The van der Waals surface area contributed by atoms with Crippen molar-refractivity contribution < 1.29 is 13.2 Å². The normalized spacial score (nSPS) is 12.3. The lowest BCUT2D eigenvalue weighted by Gasteiger charge is -2.11. The zero-order valence-corrected chi connectivity index (χ0v) is 19.4. The van der Waals surface area contributed by atoms with Crippen LogP contribution in [0.4, 0.5) is 0 Å². The Labute approximate surface area is 186 Å². The van der Waals surface area contributed by atoms with Crippen molar-refractivity contribution in [3.05, 3.63) is 81.6 Å². The summed E-state index contributed by atoms with van der Waals surface area (Å²) in [5.74, 6) is -0.133. The molecule has 164 valence electrons. The minimum absolute atomic E-state index is 0.133. The third kappa shape index (κ3) is 6.36. The summed E-state index contributed by atoms with van der Waals surface area (Å²) in [5, 5.41) is 4.69. The van der Waals surface area contributed by atoms with Crippen LogP contribution >= 0.6 is 11.3 Å². The van der Waals surface area contributed by atoms with Gasteiger partial charge in [-0.15, -0.1) is 15.7 Å². The molecule has 0 aliphatic heterocycles. The number of hydrogen-bond donors (Lipinski definition) is 1. The Morgan fingerprint density at radius 1 is 1.16 bits per heavy atom. The Kier molecular flexibility index (Phi) is 7.42. The molecule has 0 aliphatic rings. The van der Waals surface area contributed by atoms with E-state index in [4.69, 9.17) is 0 Å². The quantitative estimate of drug-likeness (QED) is 0.562. The number of rotatable bonds is 8. The van der Waals surface area contributed by atoms with Gasteiger partial charge in [0.05, 0.1) is 4.90 Å². The molecule has 7 nitrogen and oxygen atoms in total. The SMILES string of the molecule is Cc1ccc(S(=O)(=O)/N=c2\sccn2Cc2cccc(C(=O)NCCN(C)C)c2)cc1. The highest BCUT2D eigenvalue weighted by Crippen LogP contribution is 2.13. The van der Waals surface area contributed by atoms with Crippen LogP contribution in [-0.2, 0) is 16.6 Å². The van der Waals surface area contributed by atoms with Gasteiger partial charge in [0.1, 0.15) is 0 Å². The van der Waals surface area contributed by atoms with Gasteiger partial charge in [-0.2, -0.15) is 8.42 Å². The van der Waals surface area contributed by atoms with E-state index in [0.29, 0.717) is 23.5 Å². The Morgan fingerprint density at radius 2 is 1.90 bits per heavy atom. The van der Waals surface area contributed by atoms with Crippen LogP contribution < -0.4 is 10.1 Å². The first-order valence-electron chi connectivity index (χ1n) is 9.78. The second-order valence-corrected chi connectivity index (χ2v) is 9.93. The summed E-state index contributed by atoms with van der Waals surface area (Å²) >= 11 is 1.25. The minimum atomic E-state index is -3.81. The molecule has 0 radical (unpaired) electrons. The number of aryl methyl sites for hydroxylation is 1. The summed E-state index contributed by atoms with van der Waals surface area (Å²) in [6, 6.07) is 13.9. The van der Waals surface area contributed by atoms with Crippen LogP contribution in [0.15, 0.2) is 69.4 Å². The number of hydrogen-bond acceptors (Lipinski definition) is 5. The molecule has 0 fully saturated rings. The second-order valence-electron chi connectivity index (χ2n) is 7.45. The van der Waals surface area contributed by atoms with Gasteiger partial charge in [0.25, 0.3) is 15.9 Å². The number of likely N-dealkylation sites (N-methyl/N-ethyl adjacent to an activating group) is 1. The lowest BCUT2D eigenvalue weighted by atomic mass is 10.1. The highest BCUT2D eigenvalue weighted by Gasteiger charge is 2.13. The first kappa shape index (κ1) is 22.9. The zero-order valence-electron chi connectivity index (χ0n) is 17.8. The fourth-order valence-electron chi connectivity index (χ4n) is 2.86. The highest BCUT2D eigenvalue weighted by molar-refractivity contribution is 7.90. The molecule has 0 saturated carbocycles. The van der Waals surface area contributed by atoms with Crippen LogP contribution in [0.3, 0.4) is 0 Å². The first-order valence-corrected chi connectivity index (χ1v) is 12.1. The number of carbonyl (C=O) groups is 1. The van der Waals surface area contributed by atoms with Gasteiger partial charge in [-0.05, 0) is 50.8 Å². The molecular weight excluding hydrogens is 432 g/mol. The molecular formula is C22H26N4O3S2. The maximum absolute atomic E-state index is 12.7. The van der Waals surface area contributed by atoms with E-state index >= 15 is 0 Å². The number of aromatic nitrogens is 1. The fraction of sp³-hybridized carbons (Fsp3) is 0.273. The van der Waals surface area contributed by atoms with Gasteiger partial charge in [0.15, 0.2) is 0 Å². The Morgan fingerprint density at radius 3 is 2.61 bits per heavy atom. The van der Waals surface area contributed by atoms with Gasteiger partial charge < -0.3 is 14.8 Å². The molecule has 1 N–H and O–H groups in total. The summed E-state index contributed by atoms with van der Waals surface area (Å²) in [7, 11) is 0.0946. The molecule has 9 heteroatoms. The molecule has 3 rings (SSSR count). The third-order valence-corrected chi connectivity index (χ3v) is 6.75. The van der Waals surface area contributed by atoms with Crippen molar-refractivity contribution >= 4 is 27.3 Å². The van der Waals surface area contributed by atoms with Crippen LogP contribution in [0, 0.1) is 6.92 Å². The summed E-state index contributed by atoms with van der Waals surface area (Å²) in [6.07, 6.45) is 1.79. The van der Waals surface area contributed by atoms with E-state index in [9.17, 15) is 13.2 Å². The molecule has 1 heterocycles. The average molecular weight is 459 g/mol. The molecule has 0 atom stereocenters. The number of nitrogens with zero attached hydrogens (tertiary/aromatic N) is 3. The molecule has 0 bridgehead atoms. The van der Waals surface area contributed by atoms with Crippen molar-refractivity contribution in [1.82, 2.24) is 14.8 Å². The van der Waals surface area contributed by atoms with E-state index in [1.807, 2.05) is 44.1 Å². The number of benzene rings is 2. The molecule has 0 spiro atoms. The lowest BCUT2D eigenvalue weighted by molar-refractivity contribution is 0.0951. The smallest absolute Gasteiger partial charge is 0.285 e. The summed E-state index contributed by atoms with van der Waals surface area (Å²) in [6.45, 7) is 3.63. The van der Waals surface area contributed by atoms with Crippen LogP contribution in [0.25, 0.3) is 0 Å². The summed E-state index contributed by atoms with van der Waals surface area (Å²) in [4.78, 5) is 14.9. The van der Waals surface area contributed by atoms with Gasteiger partial charge in [0.2, 0.25) is 4.80 Å². The fourth-order valence-corrected chi connectivity index (χ4v) is 4.81. The first-order chi connectivity index (χ1) is 14.7. The van der Waals surface area contributed by atoms with Gasteiger partial charge in [-0.25, -0.2) is 0 Å². The highest BCUT2D eigenvalue weighted by atomic mass is 32.2. The Balaban J connectivity index is 1.80. The van der Waals surface area contributed by atoms with E-state index in [-0.39, 0.29) is 10.8 Å². The molecule has 1 aromatic heterocycles. The van der Waals surface area contributed by atoms with Crippen molar-refractivity contribution in [2.75, 3.05) is 27.2 Å². The molecule has 2 aromatic carbocycles. The van der Waals surface area contributed by atoms with E-state index in [0.717, 1.165) is 17.7 Å². The van der Waals surface area contributed by atoms with Gasteiger partial charge in [-0.3, -0.25) is 4.79 Å².